The molecule has 3 rings (SSSR count). The van der Waals surface area contributed by atoms with Crippen LogP contribution < -0.4 is 14.4 Å². The number of anilines is 2. The monoisotopic (exact) mass is 498 g/mol. The molecule has 0 bridgehead atoms. The molecule has 0 aliphatic carbocycles. The molecule has 2 aromatic rings. The van der Waals surface area contributed by atoms with Crippen LogP contribution in [0.15, 0.2) is 24.3 Å². The highest BCUT2D eigenvalue weighted by atomic mass is 35.5. The van der Waals surface area contributed by atoms with Gasteiger partial charge in [-0.25, -0.2) is 9.78 Å². The van der Waals surface area contributed by atoms with Gasteiger partial charge in [0.05, 0.1) is 25.5 Å². The summed E-state index contributed by atoms with van der Waals surface area (Å²) in [5.41, 5.74) is 2.26. The molecule has 1 saturated heterocycles. The summed E-state index contributed by atoms with van der Waals surface area (Å²) >= 11 is 13.1. The van der Waals surface area contributed by atoms with Crippen LogP contribution in [0.3, 0.4) is 0 Å². The van der Waals surface area contributed by atoms with E-state index < -0.39 is 5.97 Å². The van der Waals surface area contributed by atoms with Crippen molar-refractivity contribution in [1.29, 1.82) is 0 Å². The molecule has 1 amide bonds. The summed E-state index contributed by atoms with van der Waals surface area (Å²) < 4.78 is 13.1. The molecule has 8 nitrogen and oxygen atoms in total. The van der Waals surface area contributed by atoms with Crippen LogP contribution in [0.25, 0.3) is 0 Å². The molecule has 0 radical (unpaired) electrons. The Morgan fingerprint density at radius 3 is 2.31 bits per heavy atom. The SMILES string of the molecule is CCc1nc(OC)c(NSC(=O)N2CCN(c3cc(Cl)cc(Cl)c3)CC2)cc1C(=O)OC. The van der Waals surface area contributed by atoms with Crippen LogP contribution in [0, 0.1) is 0 Å². The molecule has 1 aromatic heterocycles. The van der Waals surface area contributed by atoms with Crippen molar-refractivity contribution in [1.82, 2.24) is 9.88 Å². The van der Waals surface area contributed by atoms with E-state index in [9.17, 15) is 9.59 Å². The third-order valence-corrected chi connectivity index (χ3v) is 6.19. The number of nitrogens with one attached hydrogen (secondary N) is 1. The second kappa shape index (κ2) is 11.0. The first-order valence-corrected chi connectivity index (χ1v) is 11.5. The molecule has 11 heteroatoms. The number of carbonyl (C=O) groups excluding carboxylic acids is 2. The molecule has 1 aliphatic rings. The van der Waals surface area contributed by atoms with Gasteiger partial charge in [-0.2, -0.15) is 0 Å². The number of halogens is 2. The van der Waals surface area contributed by atoms with E-state index in [2.05, 4.69) is 14.6 Å². The molecule has 1 N–H and O–H groups in total. The Hall–Kier alpha value is -2.36. The number of esters is 1. The number of amides is 1. The number of methoxy groups -OCH3 is 2. The Morgan fingerprint density at radius 2 is 1.75 bits per heavy atom. The van der Waals surface area contributed by atoms with E-state index in [0.717, 1.165) is 17.6 Å². The maximum atomic E-state index is 12.7. The van der Waals surface area contributed by atoms with Gasteiger partial charge in [0.25, 0.3) is 0 Å². The maximum Gasteiger partial charge on any atom is 0.339 e. The van der Waals surface area contributed by atoms with Crippen molar-refractivity contribution in [2.45, 2.75) is 13.3 Å². The summed E-state index contributed by atoms with van der Waals surface area (Å²) in [6, 6.07) is 7.01. The van der Waals surface area contributed by atoms with Gasteiger partial charge in [-0.1, -0.05) is 30.1 Å². The lowest BCUT2D eigenvalue weighted by Gasteiger charge is -2.36. The zero-order valence-corrected chi connectivity index (χ0v) is 20.3. The highest BCUT2D eigenvalue weighted by Gasteiger charge is 2.24. The van der Waals surface area contributed by atoms with Crippen LogP contribution in [-0.4, -0.2) is 61.5 Å². The molecule has 0 saturated carbocycles. The van der Waals surface area contributed by atoms with Crippen molar-refractivity contribution in [2.75, 3.05) is 50.0 Å². The molecule has 1 aliphatic heterocycles. The van der Waals surface area contributed by atoms with Crippen LogP contribution in [-0.2, 0) is 11.2 Å². The first-order chi connectivity index (χ1) is 15.4. The Bertz CT molecular complexity index is 980. The largest absolute Gasteiger partial charge is 0.479 e. The highest BCUT2D eigenvalue weighted by molar-refractivity contribution is 8.14. The summed E-state index contributed by atoms with van der Waals surface area (Å²) in [7, 11) is 2.80. The standard InChI is InChI=1S/C21H24Cl2N4O4S/c1-4-17-16(20(28)31-3)12-18(19(24-17)30-2)25-32-21(29)27-7-5-26(6-8-27)15-10-13(22)9-14(23)11-15/h9-12,25H,4-8H2,1-3H3. The number of hydrogen-bond donors (Lipinski definition) is 1. The van der Waals surface area contributed by atoms with Gasteiger partial charge in [0.15, 0.2) is 0 Å². The number of rotatable bonds is 6. The Morgan fingerprint density at radius 1 is 1.09 bits per heavy atom. The Kier molecular flexibility index (Phi) is 8.33. The van der Waals surface area contributed by atoms with Crippen LogP contribution in [0.2, 0.25) is 10.0 Å². The van der Waals surface area contributed by atoms with Crippen LogP contribution in [0.4, 0.5) is 16.2 Å². The van der Waals surface area contributed by atoms with Crippen LogP contribution in [0.5, 0.6) is 5.88 Å². The quantitative estimate of drug-likeness (QED) is 0.451. The van der Waals surface area contributed by atoms with Gasteiger partial charge in [-0.05, 0) is 30.7 Å². The minimum atomic E-state index is -0.492. The van der Waals surface area contributed by atoms with Crippen molar-refractivity contribution in [2.24, 2.45) is 0 Å². The van der Waals surface area contributed by atoms with Crippen molar-refractivity contribution in [3.8, 4) is 5.88 Å². The topological polar surface area (TPSA) is 84.0 Å². The van der Waals surface area contributed by atoms with Crippen molar-refractivity contribution in [3.05, 3.63) is 45.6 Å². The predicted molar refractivity (Wildman–Crippen MR) is 128 cm³/mol. The van der Waals surface area contributed by atoms with E-state index in [4.69, 9.17) is 32.7 Å². The summed E-state index contributed by atoms with van der Waals surface area (Å²) in [6.07, 6.45) is 0.537. The summed E-state index contributed by atoms with van der Waals surface area (Å²) in [5, 5.41) is 1.01. The molecule has 0 atom stereocenters. The summed E-state index contributed by atoms with van der Waals surface area (Å²) in [6.45, 7) is 4.30. The summed E-state index contributed by atoms with van der Waals surface area (Å²) in [4.78, 5) is 33.1. The van der Waals surface area contributed by atoms with Crippen LogP contribution >= 0.6 is 35.1 Å². The van der Waals surface area contributed by atoms with Crippen LogP contribution in [0.1, 0.15) is 23.0 Å². The van der Waals surface area contributed by atoms with Crippen molar-refractivity contribution >= 4 is 57.7 Å². The summed E-state index contributed by atoms with van der Waals surface area (Å²) in [5.74, 6) is -0.189. The number of ether oxygens (including phenoxy) is 2. The normalized spacial score (nSPS) is 13.7. The molecule has 1 fully saturated rings. The Labute approximate surface area is 201 Å². The minimum Gasteiger partial charge on any atom is -0.479 e. The lowest BCUT2D eigenvalue weighted by molar-refractivity contribution is 0.0599. The second-order valence-electron chi connectivity index (χ2n) is 6.96. The van der Waals surface area contributed by atoms with Gasteiger partial charge < -0.3 is 24.0 Å². The molecular weight excluding hydrogens is 475 g/mol. The number of pyridine rings is 1. The molecule has 32 heavy (non-hydrogen) atoms. The van der Waals surface area contributed by atoms with E-state index in [1.165, 1.54) is 14.2 Å². The second-order valence-corrected chi connectivity index (χ2v) is 8.59. The number of aromatic nitrogens is 1. The fraction of sp³-hybridized carbons (Fsp3) is 0.381. The number of benzene rings is 1. The number of hydrogen-bond acceptors (Lipinski definition) is 8. The molecule has 0 unspecified atom stereocenters. The van der Waals surface area contributed by atoms with Gasteiger partial charge in [0, 0.05) is 53.9 Å². The van der Waals surface area contributed by atoms with E-state index in [0.29, 0.717) is 65.5 Å². The van der Waals surface area contributed by atoms with Gasteiger partial charge in [-0.15, -0.1) is 0 Å². The fourth-order valence-electron chi connectivity index (χ4n) is 3.35. The van der Waals surface area contributed by atoms with Gasteiger partial charge in [0.2, 0.25) is 5.88 Å². The molecule has 1 aromatic carbocycles. The van der Waals surface area contributed by atoms with Gasteiger partial charge >= 0.3 is 11.2 Å². The maximum absolute atomic E-state index is 12.7. The molecular formula is C21H24Cl2N4O4S. The number of aryl methyl sites for hydroxylation is 1. The molecule has 2 heterocycles. The van der Waals surface area contributed by atoms with E-state index in [1.807, 2.05) is 19.1 Å². The smallest absolute Gasteiger partial charge is 0.339 e. The van der Waals surface area contributed by atoms with Crippen molar-refractivity contribution in [3.63, 3.8) is 0 Å². The zero-order valence-electron chi connectivity index (χ0n) is 18.0. The molecule has 0 spiro atoms. The number of nitrogens with zero attached hydrogens (tertiary/aromatic N) is 3. The van der Waals surface area contributed by atoms with E-state index in [1.54, 1.807) is 17.0 Å². The Balaban J connectivity index is 1.63. The lowest BCUT2D eigenvalue weighted by atomic mass is 10.1. The third-order valence-electron chi connectivity index (χ3n) is 5.00. The molecule has 172 valence electrons. The lowest BCUT2D eigenvalue weighted by Crippen LogP contribution is -2.47. The first-order valence-electron chi connectivity index (χ1n) is 9.95. The van der Waals surface area contributed by atoms with Gasteiger partial charge in [-0.3, -0.25) is 4.79 Å². The average molecular weight is 499 g/mol. The number of carbonyl (C=O) groups is 2. The van der Waals surface area contributed by atoms with E-state index >= 15 is 0 Å². The van der Waals surface area contributed by atoms with Crippen molar-refractivity contribution < 1.29 is 19.1 Å². The zero-order chi connectivity index (χ0) is 23.3. The first kappa shape index (κ1) is 24.3. The van der Waals surface area contributed by atoms with E-state index in [-0.39, 0.29) is 5.24 Å². The third kappa shape index (κ3) is 5.70. The highest BCUT2D eigenvalue weighted by Crippen LogP contribution is 2.30. The number of piperazine rings is 1. The predicted octanol–water partition coefficient (Wildman–Crippen LogP) is 4.75. The van der Waals surface area contributed by atoms with Gasteiger partial charge in [0.1, 0.15) is 5.69 Å². The minimum absolute atomic E-state index is 0.144. The average Bonchev–Trinajstić information content (AvgIpc) is 2.80. The fourth-order valence-corrected chi connectivity index (χ4v) is 4.52.